The number of nitrogens with one attached hydrogen (secondary N) is 1. The van der Waals surface area contributed by atoms with Crippen molar-refractivity contribution in [2.24, 2.45) is 0 Å². The van der Waals surface area contributed by atoms with E-state index in [4.69, 9.17) is 2.74 Å². The Morgan fingerprint density at radius 2 is 2.38 bits per heavy atom. The summed E-state index contributed by atoms with van der Waals surface area (Å²) in [6, 6.07) is 0.158. The van der Waals surface area contributed by atoms with Crippen LogP contribution >= 0.6 is 11.3 Å². The first-order chi connectivity index (χ1) is 10.5. The molecule has 1 fully saturated rings. The Kier molecular flexibility index (Phi) is 3.84. The van der Waals surface area contributed by atoms with E-state index >= 15 is 0 Å². The van der Waals surface area contributed by atoms with Crippen LogP contribution in [0.4, 0.5) is 0 Å². The summed E-state index contributed by atoms with van der Waals surface area (Å²) >= 11 is 0.978. The number of carbonyl (C=O) groups excluding carboxylic acids is 2. The van der Waals surface area contributed by atoms with Crippen LogP contribution in [0.5, 0.6) is 0 Å². The van der Waals surface area contributed by atoms with Crippen LogP contribution in [-0.2, 0) is 0 Å². The summed E-state index contributed by atoms with van der Waals surface area (Å²) in [7, 11) is 0. The maximum Gasteiger partial charge on any atom is 0.280 e. The van der Waals surface area contributed by atoms with Gasteiger partial charge in [-0.15, -0.1) is 11.3 Å². The van der Waals surface area contributed by atoms with E-state index in [-0.39, 0.29) is 22.7 Å². The van der Waals surface area contributed by atoms with Gasteiger partial charge in [-0.3, -0.25) is 9.59 Å². The SMILES string of the molecule is [2H]C([2H])(NC(=O)c1nc(C(=O)N2CCC[C@@H]2C)cs1)C(C)(C)O. The van der Waals surface area contributed by atoms with E-state index in [1.54, 1.807) is 4.90 Å². The van der Waals surface area contributed by atoms with Crippen LogP contribution < -0.4 is 5.32 Å². The molecule has 1 saturated heterocycles. The van der Waals surface area contributed by atoms with Crippen molar-refractivity contribution in [3.05, 3.63) is 16.1 Å². The first-order valence-electron chi connectivity index (χ1n) is 7.84. The van der Waals surface area contributed by atoms with Crippen LogP contribution in [0.2, 0.25) is 0 Å². The highest BCUT2D eigenvalue weighted by molar-refractivity contribution is 7.11. The van der Waals surface area contributed by atoms with E-state index in [1.807, 2.05) is 6.92 Å². The van der Waals surface area contributed by atoms with E-state index < -0.39 is 18.0 Å². The maximum atomic E-state index is 12.4. The number of likely N-dealkylation sites (tertiary alicyclic amines) is 1. The molecule has 2 rings (SSSR count). The zero-order valence-electron chi connectivity index (χ0n) is 14.3. The number of hydrogen-bond acceptors (Lipinski definition) is 5. The third-order valence-electron chi connectivity index (χ3n) is 3.21. The van der Waals surface area contributed by atoms with E-state index in [0.29, 0.717) is 6.54 Å². The minimum atomic E-state index is -2.32. The predicted molar refractivity (Wildman–Crippen MR) is 80.5 cm³/mol. The van der Waals surface area contributed by atoms with Gasteiger partial charge in [0.2, 0.25) is 0 Å². The molecule has 0 bridgehead atoms. The molecular formula is C14H21N3O3S. The number of rotatable bonds is 4. The highest BCUT2D eigenvalue weighted by Gasteiger charge is 2.28. The average Bonchev–Trinajstić information content (AvgIpc) is 3.04. The fourth-order valence-corrected chi connectivity index (χ4v) is 2.81. The van der Waals surface area contributed by atoms with E-state index in [9.17, 15) is 14.7 Å². The minimum Gasteiger partial charge on any atom is -0.389 e. The first kappa shape index (κ1) is 13.2. The van der Waals surface area contributed by atoms with Gasteiger partial charge in [-0.25, -0.2) is 4.98 Å². The molecule has 2 heterocycles. The summed E-state index contributed by atoms with van der Waals surface area (Å²) in [5.74, 6) is -0.966. The first-order valence-corrected chi connectivity index (χ1v) is 7.72. The number of aliphatic hydroxyl groups is 1. The van der Waals surface area contributed by atoms with Crippen molar-refractivity contribution in [3.63, 3.8) is 0 Å². The smallest absolute Gasteiger partial charge is 0.280 e. The van der Waals surface area contributed by atoms with Crippen LogP contribution in [0.15, 0.2) is 5.38 Å². The van der Waals surface area contributed by atoms with Gasteiger partial charge in [0.1, 0.15) is 5.69 Å². The lowest BCUT2D eigenvalue weighted by Crippen LogP contribution is -2.38. The van der Waals surface area contributed by atoms with Gasteiger partial charge in [-0.05, 0) is 33.6 Å². The second-order valence-corrected chi connectivity index (χ2v) is 6.52. The van der Waals surface area contributed by atoms with Gasteiger partial charge in [0, 0.05) is 24.5 Å². The summed E-state index contributed by atoms with van der Waals surface area (Å²) in [6.07, 6.45) is 1.91. The van der Waals surface area contributed by atoms with E-state index in [0.717, 1.165) is 24.2 Å². The number of carbonyl (C=O) groups is 2. The lowest BCUT2D eigenvalue weighted by molar-refractivity contribution is 0.0692. The number of nitrogens with zero attached hydrogens (tertiary/aromatic N) is 2. The standard InChI is InChI=1S/C14H21N3O3S/c1-9-5-4-6-17(9)13(19)10-7-21-12(16-10)11(18)15-8-14(2,3)20/h7,9,20H,4-6,8H2,1-3H3,(H,15,18)/t9-/m0/s1/i8D2. The molecule has 7 heteroatoms. The third-order valence-corrected chi connectivity index (χ3v) is 4.05. The number of aromatic nitrogens is 1. The summed E-state index contributed by atoms with van der Waals surface area (Å²) in [6.45, 7) is 2.87. The van der Waals surface area contributed by atoms with Crippen LogP contribution in [0, 0.1) is 0 Å². The van der Waals surface area contributed by atoms with Crippen LogP contribution in [0.1, 0.15) is 56.6 Å². The molecule has 0 aromatic carbocycles. The molecule has 2 N–H and O–H groups in total. The summed E-state index contributed by atoms with van der Waals surface area (Å²) in [4.78, 5) is 30.2. The lowest BCUT2D eigenvalue weighted by Gasteiger charge is -2.20. The van der Waals surface area contributed by atoms with Gasteiger partial charge in [-0.1, -0.05) is 0 Å². The van der Waals surface area contributed by atoms with Crippen molar-refractivity contribution in [1.82, 2.24) is 15.2 Å². The molecule has 1 aromatic heterocycles. The molecular weight excluding hydrogens is 290 g/mol. The van der Waals surface area contributed by atoms with Crippen molar-refractivity contribution in [2.45, 2.75) is 45.3 Å². The molecule has 116 valence electrons. The molecule has 0 unspecified atom stereocenters. The van der Waals surface area contributed by atoms with Crippen LogP contribution in [-0.4, -0.2) is 51.5 Å². The van der Waals surface area contributed by atoms with E-state index in [1.165, 1.54) is 19.2 Å². The van der Waals surface area contributed by atoms with Gasteiger partial charge in [-0.2, -0.15) is 0 Å². The van der Waals surface area contributed by atoms with Gasteiger partial charge < -0.3 is 15.3 Å². The van der Waals surface area contributed by atoms with Crippen LogP contribution in [0.25, 0.3) is 0 Å². The number of amides is 2. The Labute approximate surface area is 131 Å². The Morgan fingerprint density at radius 1 is 1.67 bits per heavy atom. The average molecular weight is 313 g/mol. The molecule has 0 radical (unpaired) electrons. The molecule has 1 aromatic rings. The van der Waals surface area contributed by atoms with Gasteiger partial charge in [0.25, 0.3) is 11.8 Å². The van der Waals surface area contributed by atoms with Crippen molar-refractivity contribution >= 4 is 23.2 Å². The van der Waals surface area contributed by atoms with Crippen molar-refractivity contribution in [1.29, 1.82) is 0 Å². The van der Waals surface area contributed by atoms with Crippen molar-refractivity contribution in [3.8, 4) is 0 Å². The highest BCUT2D eigenvalue weighted by Crippen LogP contribution is 2.20. The molecule has 0 aliphatic carbocycles. The van der Waals surface area contributed by atoms with E-state index in [2.05, 4.69) is 10.3 Å². The normalized spacial score (nSPS) is 21.0. The molecule has 0 saturated carbocycles. The fourth-order valence-electron chi connectivity index (χ4n) is 2.12. The van der Waals surface area contributed by atoms with Gasteiger partial charge in [0.05, 0.1) is 8.34 Å². The Morgan fingerprint density at radius 3 is 2.95 bits per heavy atom. The van der Waals surface area contributed by atoms with Crippen molar-refractivity contribution < 1.29 is 17.4 Å². The maximum absolute atomic E-state index is 12.4. The Bertz CT molecular complexity index is 613. The zero-order chi connectivity index (χ0) is 17.4. The molecule has 1 aliphatic rings. The fraction of sp³-hybridized carbons (Fsp3) is 0.643. The molecule has 0 spiro atoms. The third kappa shape index (κ3) is 4.01. The summed E-state index contributed by atoms with van der Waals surface area (Å²) in [5, 5.41) is 13.3. The Balaban J connectivity index is 2.10. The molecule has 21 heavy (non-hydrogen) atoms. The molecule has 2 amide bonds. The van der Waals surface area contributed by atoms with Crippen molar-refractivity contribution in [2.75, 3.05) is 13.0 Å². The summed E-state index contributed by atoms with van der Waals surface area (Å²) < 4.78 is 15.4. The minimum absolute atomic E-state index is 0.00618. The lowest BCUT2D eigenvalue weighted by atomic mass is 10.1. The van der Waals surface area contributed by atoms with Crippen LogP contribution in [0.3, 0.4) is 0 Å². The molecule has 6 nitrogen and oxygen atoms in total. The monoisotopic (exact) mass is 313 g/mol. The molecule has 1 aliphatic heterocycles. The Hall–Kier alpha value is -1.47. The quantitative estimate of drug-likeness (QED) is 0.877. The second-order valence-electron chi connectivity index (χ2n) is 5.67. The van der Waals surface area contributed by atoms with Gasteiger partial charge >= 0.3 is 0 Å². The zero-order valence-corrected chi connectivity index (χ0v) is 13.2. The summed E-state index contributed by atoms with van der Waals surface area (Å²) in [5.41, 5.74) is -1.55. The second kappa shape index (κ2) is 6.11. The topological polar surface area (TPSA) is 82.5 Å². The number of thiazole rings is 1. The number of hydrogen-bond donors (Lipinski definition) is 2. The highest BCUT2D eigenvalue weighted by atomic mass is 32.1. The predicted octanol–water partition coefficient (Wildman–Crippen LogP) is 1.27. The largest absolute Gasteiger partial charge is 0.389 e. The van der Waals surface area contributed by atoms with Gasteiger partial charge in [0.15, 0.2) is 5.01 Å². The molecule has 1 atom stereocenters.